The molecule has 0 saturated carbocycles. The number of benzene rings is 3. The van der Waals surface area contributed by atoms with Gasteiger partial charge in [0.25, 0.3) is 0 Å². The van der Waals surface area contributed by atoms with Crippen LogP contribution in [0.1, 0.15) is 19.8 Å². The van der Waals surface area contributed by atoms with Gasteiger partial charge in [0.1, 0.15) is 23.2 Å². The molecule has 0 spiro atoms. The maximum Gasteiger partial charge on any atom is 0.112 e. The monoisotopic (exact) mass is 512 g/mol. The molecule has 4 heteroatoms. The Balaban J connectivity index is 0.00000208. The fourth-order valence-electron chi connectivity index (χ4n) is 3.28. The predicted octanol–water partition coefficient (Wildman–Crippen LogP) is -1.42. The van der Waals surface area contributed by atoms with Crippen molar-refractivity contribution in [1.82, 2.24) is 0 Å². The SMILES string of the molecule is CCCC[P+](c1ccccc1)(c1ccccc1)c1ccccc1.[Br-].[Br-].[PH4+]. The van der Waals surface area contributed by atoms with Gasteiger partial charge in [-0.2, -0.15) is 0 Å². The standard InChI is InChI=1S/C22H24P.2BrH.H3P/c1-2-3-19-23(20-13-7-4-8-14-20,21-15-9-5-10-16-21)22-17-11-6-12-18-22;;;/h4-18H,2-3,19H2,1H3;2*1H;1H3/q+1;;;/p-1. The third-order valence-electron chi connectivity index (χ3n) is 4.44. The highest BCUT2D eigenvalue weighted by Gasteiger charge is 2.44. The first-order valence-electron chi connectivity index (χ1n) is 8.43. The third kappa shape index (κ3) is 5.49. The van der Waals surface area contributed by atoms with Gasteiger partial charge in [0.15, 0.2) is 0 Å². The summed E-state index contributed by atoms with van der Waals surface area (Å²) in [5.41, 5.74) is 0. The van der Waals surface area contributed by atoms with Gasteiger partial charge >= 0.3 is 0 Å². The van der Waals surface area contributed by atoms with E-state index in [1.54, 1.807) is 0 Å². The number of unbranched alkanes of at least 4 members (excludes halogenated alkanes) is 1. The molecule has 26 heavy (non-hydrogen) atoms. The molecular formula is C22H28Br2P2. The van der Waals surface area contributed by atoms with Crippen LogP contribution >= 0.6 is 17.2 Å². The van der Waals surface area contributed by atoms with Crippen molar-refractivity contribution < 1.29 is 34.0 Å². The quantitative estimate of drug-likeness (QED) is 0.355. The molecule has 0 heterocycles. The predicted molar refractivity (Wildman–Crippen MR) is 117 cm³/mol. The van der Waals surface area contributed by atoms with Crippen LogP contribution in [0.4, 0.5) is 0 Å². The van der Waals surface area contributed by atoms with Crippen LogP contribution in [0.25, 0.3) is 0 Å². The molecule has 0 nitrogen and oxygen atoms in total. The van der Waals surface area contributed by atoms with Crippen LogP contribution in [-0.4, -0.2) is 6.16 Å². The highest BCUT2D eigenvalue weighted by Crippen LogP contribution is 2.55. The molecule has 0 radical (unpaired) electrons. The van der Waals surface area contributed by atoms with E-state index in [0.717, 1.165) is 0 Å². The minimum Gasteiger partial charge on any atom is -1.00 e. The van der Waals surface area contributed by atoms with Crippen LogP contribution in [0.15, 0.2) is 91.0 Å². The van der Waals surface area contributed by atoms with E-state index >= 15 is 0 Å². The molecular weight excluding hydrogens is 486 g/mol. The summed E-state index contributed by atoms with van der Waals surface area (Å²) in [7, 11) is -1.57. The van der Waals surface area contributed by atoms with E-state index in [-0.39, 0.29) is 43.9 Å². The Hall–Kier alpha value is -0.520. The molecule has 0 fully saturated rings. The van der Waals surface area contributed by atoms with Crippen LogP contribution in [0.2, 0.25) is 0 Å². The van der Waals surface area contributed by atoms with Gasteiger partial charge in [-0.25, -0.2) is 0 Å². The molecule has 0 aliphatic carbocycles. The van der Waals surface area contributed by atoms with Crippen molar-refractivity contribution in [2.24, 2.45) is 0 Å². The summed E-state index contributed by atoms with van der Waals surface area (Å²) in [6.07, 6.45) is 3.72. The number of hydrogen-bond acceptors (Lipinski definition) is 0. The van der Waals surface area contributed by atoms with E-state index in [1.165, 1.54) is 34.9 Å². The molecule has 1 unspecified atom stereocenters. The van der Waals surface area contributed by atoms with E-state index in [9.17, 15) is 0 Å². The molecule has 0 bridgehead atoms. The zero-order valence-electron chi connectivity index (χ0n) is 15.5. The van der Waals surface area contributed by atoms with Gasteiger partial charge < -0.3 is 34.0 Å². The van der Waals surface area contributed by atoms with E-state index in [1.807, 2.05) is 0 Å². The topological polar surface area (TPSA) is 0 Å². The summed E-state index contributed by atoms with van der Waals surface area (Å²) >= 11 is 0. The molecule has 0 aliphatic heterocycles. The first-order chi connectivity index (χ1) is 11.4. The zero-order valence-corrected chi connectivity index (χ0v) is 21.6. The van der Waals surface area contributed by atoms with Gasteiger partial charge in [-0.05, 0) is 52.7 Å². The van der Waals surface area contributed by atoms with Gasteiger partial charge in [-0.3, -0.25) is 0 Å². The second kappa shape index (κ2) is 12.8. The highest BCUT2D eigenvalue weighted by molar-refractivity contribution is 7.95. The first-order valence-corrected chi connectivity index (χ1v) is 10.4. The molecule has 0 saturated heterocycles. The van der Waals surface area contributed by atoms with Gasteiger partial charge in [0, 0.05) is 0 Å². The zero-order chi connectivity index (χ0) is 16.0. The summed E-state index contributed by atoms with van der Waals surface area (Å²) in [5, 5.41) is 4.47. The maximum atomic E-state index is 2.32. The summed E-state index contributed by atoms with van der Waals surface area (Å²) < 4.78 is 0. The third-order valence-corrected chi connectivity index (χ3v) is 8.96. The second-order valence-corrected chi connectivity index (χ2v) is 9.51. The van der Waals surface area contributed by atoms with Crippen molar-refractivity contribution in [3.63, 3.8) is 0 Å². The van der Waals surface area contributed by atoms with Crippen LogP contribution in [-0.2, 0) is 0 Å². The molecule has 0 amide bonds. The molecule has 0 aromatic heterocycles. The second-order valence-electron chi connectivity index (χ2n) is 5.89. The molecule has 3 aromatic carbocycles. The molecule has 3 aromatic rings. The average molecular weight is 514 g/mol. The van der Waals surface area contributed by atoms with Crippen LogP contribution < -0.4 is 49.9 Å². The Morgan fingerprint density at radius 1 is 0.577 bits per heavy atom. The highest BCUT2D eigenvalue weighted by atomic mass is 79.9. The fourth-order valence-corrected chi connectivity index (χ4v) is 7.78. The summed E-state index contributed by atoms with van der Waals surface area (Å²) in [6, 6.07) is 33.4. The molecule has 1 atom stereocenters. The minimum absolute atomic E-state index is 0. The molecule has 0 aliphatic rings. The van der Waals surface area contributed by atoms with Crippen LogP contribution in [0.5, 0.6) is 0 Å². The van der Waals surface area contributed by atoms with Crippen molar-refractivity contribution in [2.45, 2.75) is 19.8 Å². The first kappa shape index (κ1) is 25.5. The Morgan fingerprint density at radius 3 is 1.15 bits per heavy atom. The smallest absolute Gasteiger partial charge is 0.112 e. The van der Waals surface area contributed by atoms with Gasteiger partial charge in [0.05, 0.1) is 6.16 Å². The number of rotatable bonds is 6. The Bertz CT molecular complexity index is 622. The molecule has 3 rings (SSSR count). The lowest BCUT2D eigenvalue weighted by molar-refractivity contribution is -0.00100. The van der Waals surface area contributed by atoms with Crippen molar-refractivity contribution >= 4 is 33.1 Å². The Kier molecular flexibility index (Phi) is 12.5. The summed E-state index contributed by atoms with van der Waals surface area (Å²) in [4.78, 5) is 0. The van der Waals surface area contributed by atoms with Crippen molar-refractivity contribution in [1.29, 1.82) is 0 Å². The fraction of sp³-hybridized carbons (Fsp3) is 0.182. The van der Waals surface area contributed by atoms with Crippen molar-refractivity contribution in [3.05, 3.63) is 91.0 Å². The summed E-state index contributed by atoms with van der Waals surface area (Å²) in [5.74, 6) is 0. The number of halogens is 2. The molecule has 140 valence electrons. The van der Waals surface area contributed by atoms with E-state index in [4.69, 9.17) is 0 Å². The maximum absolute atomic E-state index is 2.32. The van der Waals surface area contributed by atoms with Crippen LogP contribution in [0.3, 0.4) is 0 Å². The summed E-state index contributed by atoms with van der Waals surface area (Å²) in [6.45, 7) is 2.29. The van der Waals surface area contributed by atoms with E-state index < -0.39 is 7.26 Å². The average Bonchev–Trinajstić information content (AvgIpc) is 2.65. The van der Waals surface area contributed by atoms with E-state index in [0.29, 0.717) is 0 Å². The Labute approximate surface area is 183 Å². The minimum atomic E-state index is -1.57. The van der Waals surface area contributed by atoms with Gasteiger partial charge in [0.2, 0.25) is 0 Å². The van der Waals surface area contributed by atoms with Gasteiger partial charge in [-0.15, -0.1) is 0 Å². The lowest BCUT2D eigenvalue weighted by Gasteiger charge is -2.27. The normalized spacial score (nSPS) is 10.0. The lowest BCUT2D eigenvalue weighted by Crippen LogP contribution is -3.00. The van der Waals surface area contributed by atoms with Crippen LogP contribution in [0, 0.1) is 0 Å². The van der Waals surface area contributed by atoms with Crippen molar-refractivity contribution in [2.75, 3.05) is 6.16 Å². The lowest BCUT2D eigenvalue weighted by atomic mass is 10.3. The number of hydrogen-bond donors (Lipinski definition) is 0. The Morgan fingerprint density at radius 2 is 0.885 bits per heavy atom. The van der Waals surface area contributed by atoms with Gasteiger partial charge in [-0.1, -0.05) is 67.9 Å². The molecule has 0 N–H and O–H groups in total. The van der Waals surface area contributed by atoms with E-state index in [2.05, 4.69) is 97.9 Å². The largest absolute Gasteiger partial charge is 1.00 e. The van der Waals surface area contributed by atoms with Crippen molar-refractivity contribution in [3.8, 4) is 0 Å².